The topological polar surface area (TPSA) is 69.1 Å². The summed E-state index contributed by atoms with van der Waals surface area (Å²) in [7, 11) is 0. The quantitative estimate of drug-likeness (QED) is 0.798. The largest absolute Gasteiger partial charge is 0.457 e. The zero-order chi connectivity index (χ0) is 10.7. The maximum atomic E-state index is 11.7. The summed E-state index contributed by atoms with van der Waals surface area (Å²) in [5.74, 6) is 0.910. The van der Waals surface area contributed by atoms with Crippen molar-refractivity contribution in [1.82, 2.24) is 4.98 Å². The average Bonchev–Trinajstić information content (AvgIpc) is 2.86. The number of carbonyl (C=O) groups excluding carboxylic acids is 1. The lowest BCUT2D eigenvalue weighted by Crippen LogP contribution is -2.01. The number of aromatic nitrogens is 1. The second-order valence-electron chi connectivity index (χ2n) is 3.00. The summed E-state index contributed by atoms with van der Waals surface area (Å²) in [6.07, 6.45) is 1.97. The lowest BCUT2D eigenvalue weighted by molar-refractivity contribution is 0.0964. The van der Waals surface area contributed by atoms with Gasteiger partial charge in [0.15, 0.2) is 5.76 Å². The van der Waals surface area contributed by atoms with E-state index in [1.165, 1.54) is 11.3 Å². The van der Waals surface area contributed by atoms with Crippen LogP contribution in [0.1, 0.15) is 21.3 Å². The number of Topliss-reactive ketones (excluding diaryl/α,β-unsaturated/α-hetero) is 1. The minimum Gasteiger partial charge on any atom is -0.457 e. The lowest BCUT2D eigenvalue weighted by atomic mass is 10.2. The van der Waals surface area contributed by atoms with Gasteiger partial charge in [0.05, 0.1) is 13.0 Å². The molecule has 0 aliphatic rings. The normalized spacial score (nSPS) is 10.5. The van der Waals surface area contributed by atoms with Crippen molar-refractivity contribution in [2.24, 2.45) is 5.73 Å². The van der Waals surface area contributed by atoms with Crippen molar-refractivity contribution in [3.05, 3.63) is 40.2 Å². The Morgan fingerprint density at radius 3 is 3.00 bits per heavy atom. The van der Waals surface area contributed by atoms with E-state index < -0.39 is 0 Å². The number of ketones is 1. The number of furan rings is 1. The number of nitrogens with zero attached hydrogens (tertiary/aromatic N) is 1. The fourth-order valence-corrected chi connectivity index (χ4v) is 1.82. The molecule has 5 heteroatoms. The number of hydrogen-bond acceptors (Lipinski definition) is 5. The van der Waals surface area contributed by atoms with Gasteiger partial charge in [-0.1, -0.05) is 0 Å². The molecule has 0 amide bonds. The first-order valence-electron chi connectivity index (χ1n) is 4.50. The fourth-order valence-electron chi connectivity index (χ4n) is 1.20. The van der Waals surface area contributed by atoms with Crippen LogP contribution in [0.3, 0.4) is 0 Å². The standard InChI is InChI=1S/C10H10N2O2S/c11-6-7-1-2-9(14-7)8(13)5-10-12-3-4-15-10/h1-4H,5-6,11H2. The summed E-state index contributed by atoms with van der Waals surface area (Å²) in [6.45, 7) is 0.310. The molecule has 78 valence electrons. The van der Waals surface area contributed by atoms with Gasteiger partial charge in [-0.15, -0.1) is 11.3 Å². The van der Waals surface area contributed by atoms with Gasteiger partial charge >= 0.3 is 0 Å². The third kappa shape index (κ3) is 2.31. The minimum absolute atomic E-state index is 0.0651. The smallest absolute Gasteiger partial charge is 0.204 e. The number of carbonyl (C=O) groups is 1. The Bertz CT molecular complexity index is 448. The third-order valence-electron chi connectivity index (χ3n) is 1.93. The fraction of sp³-hybridized carbons (Fsp3) is 0.200. The number of thiazole rings is 1. The molecule has 0 fully saturated rings. The summed E-state index contributed by atoms with van der Waals surface area (Å²) >= 11 is 1.46. The first-order chi connectivity index (χ1) is 7.29. The molecular weight excluding hydrogens is 212 g/mol. The molecule has 2 N–H and O–H groups in total. The Morgan fingerprint density at radius 1 is 1.53 bits per heavy atom. The second kappa shape index (κ2) is 4.37. The summed E-state index contributed by atoms with van der Waals surface area (Å²) in [4.78, 5) is 15.7. The van der Waals surface area contributed by atoms with Crippen LogP contribution >= 0.6 is 11.3 Å². The van der Waals surface area contributed by atoms with Crippen molar-refractivity contribution < 1.29 is 9.21 Å². The van der Waals surface area contributed by atoms with Crippen molar-refractivity contribution in [3.8, 4) is 0 Å². The molecule has 0 aliphatic carbocycles. The molecule has 0 aromatic carbocycles. The monoisotopic (exact) mass is 222 g/mol. The highest BCUT2D eigenvalue weighted by atomic mass is 32.1. The van der Waals surface area contributed by atoms with Gasteiger partial charge in [-0.05, 0) is 12.1 Å². The third-order valence-corrected chi connectivity index (χ3v) is 2.71. The summed E-state index contributed by atoms with van der Waals surface area (Å²) in [5, 5.41) is 2.64. The van der Waals surface area contributed by atoms with Crippen molar-refractivity contribution in [2.75, 3.05) is 0 Å². The summed E-state index contributed by atoms with van der Waals surface area (Å²) in [5.41, 5.74) is 5.38. The molecule has 0 spiro atoms. The van der Waals surface area contributed by atoms with Crippen LogP contribution < -0.4 is 5.73 Å². The van der Waals surface area contributed by atoms with Crippen LogP contribution in [-0.2, 0) is 13.0 Å². The summed E-state index contributed by atoms with van der Waals surface area (Å²) < 4.78 is 5.25. The van der Waals surface area contributed by atoms with Gasteiger partial charge in [-0.25, -0.2) is 4.98 Å². The SMILES string of the molecule is NCc1ccc(C(=O)Cc2nccs2)o1. The lowest BCUT2D eigenvalue weighted by Gasteiger charge is -1.93. The highest BCUT2D eigenvalue weighted by Gasteiger charge is 2.12. The first-order valence-corrected chi connectivity index (χ1v) is 5.38. The van der Waals surface area contributed by atoms with Crippen molar-refractivity contribution in [1.29, 1.82) is 0 Å². The molecule has 0 aliphatic heterocycles. The van der Waals surface area contributed by atoms with Gasteiger partial charge in [0.1, 0.15) is 10.8 Å². The average molecular weight is 222 g/mol. The molecule has 2 aromatic rings. The molecule has 0 saturated heterocycles. The van der Waals surface area contributed by atoms with E-state index >= 15 is 0 Å². The van der Waals surface area contributed by atoms with E-state index in [1.807, 2.05) is 5.38 Å². The van der Waals surface area contributed by atoms with Gasteiger partial charge in [0.25, 0.3) is 0 Å². The highest BCUT2D eigenvalue weighted by molar-refractivity contribution is 7.09. The van der Waals surface area contributed by atoms with Gasteiger partial charge < -0.3 is 10.2 Å². The Hall–Kier alpha value is -1.46. The van der Waals surface area contributed by atoms with Crippen molar-refractivity contribution in [2.45, 2.75) is 13.0 Å². The predicted molar refractivity (Wildman–Crippen MR) is 56.7 cm³/mol. The van der Waals surface area contributed by atoms with Gasteiger partial charge in [0, 0.05) is 11.6 Å². The zero-order valence-corrected chi connectivity index (χ0v) is 8.79. The Labute approximate surface area is 90.7 Å². The zero-order valence-electron chi connectivity index (χ0n) is 7.97. The molecule has 0 unspecified atom stereocenters. The van der Waals surface area contributed by atoms with E-state index in [0.29, 0.717) is 18.1 Å². The van der Waals surface area contributed by atoms with E-state index in [4.69, 9.17) is 10.2 Å². The molecule has 2 rings (SSSR count). The molecular formula is C10H10N2O2S. The van der Waals surface area contributed by atoms with Crippen LogP contribution in [0.5, 0.6) is 0 Å². The molecule has 2 aromatic heterocycles. The van der Waals surface area contributed by atoms with Crippen LogP contribution in [0.2, 0.25) is 0 Å². The highest BCUT2D eigenvalue weighted by Crippen LogP contribution is 2.12. The molecule has 0 radical (unpaired) electrons. The van der Waals surface area contributed by atoms with Crippen LogP contribution in [0.4, 0.5) is 0 Å². The van der Waals surface area contributed by atoms with Crippen LogP contribution in [0.25, 0.3) is 0 Å². The number of hydrogen-bond donors (Lipinski definition) is 1. The first kappa shape index (κ1) is 10.1. The molecule has 4 nitrogen and oxygen atoms in total. The van der Waals surface area contributed by atoms with E-state index in [1.54, 1.807) is 18.3 Å². The van der Waals surface area contributed by atoms with Crippen LogP contribution in [-0.4, -0.2) is 10.8 Å². The van der Waals surface area contributed by atoms with E-state index in [0.717, 1.165) is 5.01 Å². The van der Waals surface area contributed by atoms with Crippen molar-refractivity contribution in [3.63, 3.8) is 0 Å². The Balaban J connectivity index is 2.08. The van der Waals surface area contributed by atoms with E-state index in [9.17, 15) is 4.79 Å². The summed E-state index contributed by atoms with van der Waals surface area (Å²) in [6, 6.07) is 3.37. The van der Waals surface area contributed by atoms with Crippen LogP contribution in [0.15, 0.2) is 28.1 Å². The molecule has 0 saturated carbocycles. The van der Waals surface area contributed by atoms with Crippen LogP contribution in [0, 0.1) is 0 Å². The Kier molecular flexibility index (Phi) is 2.94. The van der Waals surface area contributed by atoms with Gasteiger partial charge in [-0.2, -0.15) is 0 Å². The van der Waals surface area contributed by atoms with E-state index in [2.05, 4.69) is 4.98 Å². The van der Waals surface area contributed by atoms with Gasteiger partial charge in [0.2, 0.25) is 5.78 Å². The Morgan fingerprint density at radius 2 is 2.40 bits per heavy atom. The molecule has 0 bridgehead atoms. The number of nitrogens with two attached hydrogens (primary N) is 1. The predicted octanol–water partition coefficient (Wildman–Crippen LogP) is 1.62. The second-order valence-corrected chi connectivity index (χ2v) is 3.97. The van der Waals surface area contributed by atoms with E-state index in [-0.39, 0.29) is 12.2 Å². The molecule has 15 heavy (non-hydrogen) atoms. The maximum absolute atomic E-state index is 11.7. The molecule has 0 atom stereocenters. The maximum Gasteiger partial charge on any atom is 0.204 e. The van der Waals surface area contributed by atoms with Crippen molar-refractivity contribution >= 4 is 17.1 Å². The molecule has 2 heterocycles. The minimum atomic E-state index is -0.0651. The van der Waals surface area contributed by atoms with Gasteiger partial charge in [-0.3, -0.25) is 4.79 Å². The number of rotatable bonds is 4.